The van der Waals surface area contributed by atoms with Gasteiger partial charge in [0.05, 0.1) is 12.2 Å². The molecule has 2 aromatic rings. The van der Waals surface area contributed by atoms with Gasteiger partial charge in [-0.05, 0) is 34.9 Å². The minimum Gasteiger partial charge on any atom is -0.386 e. The highest BCUT2D eigenvalue weighted by Gasteiger charge is 2.13. The van der Waals surface area contributed by atoms with Crippen molar-refractivity contribution >= 4 is 17.5 Å². The molecule has 0 atom stereocenters. The molecule has 0 aliphatic heterocycles. The Hall–Kier alpha value is -2.33. The second-order valence-corrected chi connectivity index (χ2v) is 4.66. The van der Waals surface area contributed by atoms with Gasteiger partial charge in [-0.2, -0.15) is 0 Å². The summed E-state index contributed by atoms with van der Waals surface area (Å²) < 4.78 is 0. The molecule has 1 aromatic carbocycles. The van der Waals surface area contributed by atoms with Crippen LogP contribution in [0.3, 0.4) is 0 Å². The van der Waals surface area contributed by atoms with Crippen LogP contribution in [-0.4, -0.2) is 10.9 Å². The Kier molecular flexibility index (Phi) is 4.38. The summed E-state index contributed by atoms with van der Waals surface area (Å²) in [6.07, 6.45) is 3.52. The summed E-state index contributed by atoms with van der Waals surface area (Å²) >= 11 is 6.21. The Morgan fingerprint density at radius 2 is 2.00 bits per heavy atom. The molecule has 1 aromatic heterocycles. The molecule has 1 amide bonds. The Balaban J connectivity index is 2.37. The van der Waals surface area contributed by atoms with Crippen LogP contribution in [0.5, 0.6) is 0 Å². The van der Waals surface area contributed by atoms with Gasteiger partial charge in [0.25, 0.3) is 0 Å². The average molecular weight is 288 g/mol. The topological polar surface area (TPSA) is 68.0 Å². The van der Waals surface area contributed by atoms with Gasteiger partial charge in [0.2, 0.25) is 5.91 Å². The van der Waals surface area contributed by atoms with E-state index < -0.39 is 0 Å². The molecule has 0 saturated heterocycles. The maximum Gasteiger partial charge on any atom is 0.229 e. The van der Waals surface area contributed by atoms with Crippen LogP contribution < -0.4 is 11.1 Å². The van der Waals surface area contributed by atoms with Gasteiger partial charge < -0.3 is 11.1 Å². The van der Waals surface area contributed by atoms with Crippen LogP contribution in [0.15, 0.2) is 55.1 Å². The zero-order valence-electron chi connectivity index (χ0n) is 10.8. The van der Waals surface area contributed by atoms with Gasteiger partial charge in [0, 0.05) is 17.4 Å². The van der Waals surface area contributed by atoms with Gasteiger partial charge in [-0.1, -0.05) is 30.3 Å². The number of carbonyl (C=O) groups excluding carboxylic acids is 1. The van der Waals surface area contributed by atoms with Crippen LogP contribution in [0.4, 0.5) is 0 Å². The molecule has 0 fully saturated rings. The number of amides is 1. The van der Waals surface area contributed by atoms with E-state index in [9.17, 15) is 4.79 Å². The van der Waals surface area contributed by atoms with Crippen LogP contribution in [0.25, 0.3) is 11.1 Å². The van der Waals surface area contributed by atoms with Crippen molar-refractivity contribution in [2.75, 3.05) is 0 Å². The number of nitrogens with one attached hydrogen (secondary N) is 1. The lowest BCUT2D eigenvalue weighted by Crippen LogP contribution is -2.28. The second-order valence-electron chi connectivity index (χ2n) is 4.25. The molecule has 2 rings (SSSR count). The number of nitrogens with zero attached hydrogens (tertiary/aromatic N) is 1. The molecule has 5 heteroatoms. The predicted octanol–water partition coefficient (Wildman–Crippen LogP) is 2.49. The number of nitrogens with two attached hydrogens (primary N) is 1. The fourth-order valence-corrected chi connectivity index (χ4v) is 2.17. The summed E-state index contributed by atoms with van der Waals surface area (Å²) in [6.45, 7) is 3.44. The minimum atomic E-state index is -0.249. The maximum atomic E-state index is 11.8. The minimum absolute atomic E-state index is 0.118. The summed E-state index contributed by atoms with van der Waals surface area (Å²) in [6, 6.07) is 9.26. The van der Waals surface area contributed by atoms with E-state index in [1.807, 2.05) is 24.3 Å². The van der Waals surface area contributed by atoms with Gasteiger partial charge >= 0.3 is 0 Å². The fourth-order valence-electron chi connectivity index (χ4n) is 1.92. The van der Waals surface area contributed by atoms with Crippen molar-refractivity contribution in [2.24, 2.45) is 5.73 Å². The van der Waals surface area contributed by atoms with Crippen LogP contribution in [0, 0.1) is 0 Å². The molecule has 3 N–H and O–H groups in total. The van der Waals surface area contributed by atoms with Gasteiger partial charge in [-0.25, -0.2) is 0 Å². The standard InChI is InChI=1S/C15H14ClN3O/c1-10(17)19-15(20)9-13-12(3-2-4-14(13)16)11-5-7-18-8-6-11/h2-8H,1,9,17H2,(H,19,20). The molecule has 102 valence electrons. The number of pyridine rings is 1. The third-order valence-electron chi connectivity index (χ3n) is 2.75. The first-order valence-electron chi connectivity index (χ1n) is 6.00. The molecule has 0 aliphatic carbocycles. The van der Waals surface area contributed by atoms with Crippen molar-refractivity contribution < 1.29 is 4.79 Å². The summed E-state index contributed by atoms with van der Waals surface area (Å²) in [5.41, 5.74) is 7.97. The van der Waals surface area contributed by atoms with Crippen molar-refractivity contribution in [3.63, 3.8) is 0 Å². The zero-order chi connectivity index (χ0) is 14.5. The number of halogens is 1. The highest BCUT2D eigenvalue weighted by molar-refractivity contribution is 6.32. The van der Waals surface area contributed by atoms with E-state index in [1.54, 1.807) is 18.5 Å². The molecule has 0 bridgehead atoms. The Labute approximate surface area is 122 Å². The average Bonchev–Trinajstić information content (AvgIpc) is 2.41. The van der Waals surface area contributed by atoms with Crippen LogP contribution in [-0.2, 0) is 11.2 Å². The third-order valence-corrected chi connectivity index (χ3v) is 3.10. The van der Waals surface area contributed by atoms with E-state index in [1.165, 1.54) is 0 Å². The van der Waals surface area contributed by atoms with E-state index in [4.69, 9.17) is 17.3 Å². The van der Waals surface area contributed by atoms with E-state index in [2.05, 4.69) is 16.9 Å². The zero-order valence-corrected chi connectivity index (χ0v) is 11.5. The first-order valence-corrected chi connectivity index (χ1v) is 6.37. The lowest BCUT2D eigenvalue weighted by molar-refractivity contribution is -0.119. The van der Waals surface area contributed by atoms with Gasteiger partial charge in [-0.3, -0.25) is 9.78 Å². The van der Waals surface area contributed by atoms with E-state index in [-0.39, 0.29) is 18.1 Å². The van der Waals surface area contributed by atoms with Crippen LogP contribution in [0.2, 0.25) is 5.02 Å². The molecule has 0 saturated carbocycles. The number of carbonyl (C=O) groups is 1. The van der Waals surface area contributed by atoms with Gasteiger partial charge in [0.1, 0.15) is 0 Å². The number of aromatic nitrogens is 1. The smallest absolute Gasteiger partial charge is 0.229 e. The van der Waals surface area contributed by atoms with Crippen molar-refractivity contribution in [3.05, 3.63) is 65.7 Å². The quantitative estimate of drug-likeness (QED) is 0.908. The number of hydrogen-bond donors (Lipinski definition) is 2. The largest absolute Gasteiger partial charge is 0.386 e. The first-order chi connectivity index (χ1) is 9.58. The number of hydrogen-bond acceptors (Lipinski definition) is 3. The second kappa shape index (κ2) is 6.21. The van der Waals surface area contributed by atoms with E-state index in [0.717, 1.165) is 16.7 Å². The Morgan fingerprint density at radius 3 is 2.65 bits per heavy atom. The van der Waals surface area contributed by atoms with Crippen LogP contribution in [0.1, 0.15) is 5.56 Å². The Morgan fingerprint density at radius 1 is 1.30 bits per heavy atom. The summed E-state index contributed by atoms with van der Waals surface area (Å²) in [5.74, 6) is -0.131. The molecule has 1 heterocycles. The Bertz CT molecular complexity index is 641. The van der Waals surface area contributed by atoms with Gasteiger partial charge in [-0.15, -0.1) is 0 Å². The molecule has 0 radical (unpaired) electrons. The SMILES string of the molecule is C=C(N)NC(=O)Cc1c(Cl)cccc1-c1ccncc1. The lowest BCUT2D eigenvalue weighted by Gasteiger charge is -2.11. The molecule has 4 nitrogen and oxygen atoms in total. The van der Waals surface area contributed by atoms with Crippen molar-refractivity contribution in [3.8, 4) is 11.1 Å². The number of rotatable bonds is 4. The normalized spacial score (nSPS) is 10.1. The monoisotopic (exact) mass is 287 g/mol. The number of benzene rings is 1. The fraction of sp³-hybridized carbons (Fsp3) is 0.0667. The summed E-state index contributed by atoms with van der Waals surface area (Å²) in [7, 11) is 0. The van der Waals surface area contributed by atoms with Crippen molar-refractivity contribution in [1.82, 2.24) is 10.3 Å². The maximum absolute atomic E-state index is 11.8. The predicted molar refractivity (Wildman–Crippen MR) is 79.9 cm³/mol. The summed E-state index contributed by atoms with van der Waals surface area (Å²) in [5, 5.41) is 3.01. The third kappa shape index (κ3) is 3.36. The highest BCUT2D eigenvalue weighted by atomic mass is 35.5. The highest BCUT2D eigenvalue weighted by Crippen LogP contribution is 2.29. The molecule has 20 heavy (non-hydrogen) atoms. The lowest BCUT2D eigenvalue weighted by atomic mass is 9.98. The van der Waals surface area contributed by atoms with Crippen LogP contribution >= 0.6 is 11.6 Å². The summed E-state index contributed by atoms with van der Waals surface area (Å²) in [4.78, 5) is 15.8. The first kappa shape index (κ1) is 14.1. The molecule has 0 aliphatic rings. The molecular weight excluding hydrogens is 274 g/mol. The van der Waals surface area contributed by atoms with E-state index >= 15 is 0 Å². The van der Waals surface area contributed by atoms with E-state index in [0.29, 0.717) is 5.02 Å². The van der Waals surface area contributed by atoms with Crippen molar-refractivity contribution in [1.29, 1.82) is 0 Å². The van der Waals surface area contributed by atoms with Crippen molar-refractivity contribution in [2.45, 2.75) is 6.42 Å². The molecule has 0 spiro atoms. The molecular formula is C15H14ClN3O. The molecule has 0 unspecified atom stereocenters. The van der Waals surface area contributed by atoms with Gasteiger partial charge in [0.15, 0.2) is 0 Å².